The van der Waals surface area contributed by atoms with Crippen molar-refractivity contribution in [2.24, 2.45) is 11.8 Å². The summed E-state index contributed by atoms with van der Waals surface area (Å²) in [5.41, 5.74) is 0.969. The number of benzene rings is 1. The topological polar surface area (TPSA) is 62.5 Å². The molecule has 2 heterocycles. The van der Waals surface area contributed by atoms with Crippen LogP contribution in [0.15, 0.2) is 35.1 Å². The van der Waals surface area contributed by atoms with E-state index in [1.54, 1.807) is 6.07 Å². The zero-order chi connectivity index (χ0) is 19.2. The van der Waals surface area contributed by atoms with Gasteiger partial charge in [-0.25, -0.2) is 0 Å². The molecule has 0 unspecified atom stereocenters. The minimum absolute atomic E-state index is 0.00741. The van der Waals surface area contributed by atoms with Crippen LogP contribution in [-0.2, 0) is 11.3 Å². The highest BCUT2D eigenvalue weighted by Crippen LogP contribution is 2.44. The van der Waals surface area contributed by atoms with E-state index in [-0.39, 0.29) is 23.8 Å². The van der Waals surface area contributed by atoms with Gasteiger partial charge in [0.05, 0.1) is 11.1 Å². The van der Waals surface area contributed by atoms with E-state index in [1.807, 2.05) is 47.6 Å². The molecule has 2 aliphatic rings. The first-order valence-electron chi connectivity index (χ1n) is 10.0. The van der Waals surface area contributed by atoms with E-state index >= 15 is 0 Å². The van der Waals surface area contributed by atoms with Crippen molar-refractivity contribution in [3.63, 3.8) is 0 Å². The number of hydrogen-bond donors (Lipinski definition) is 1. The molecule has 1 N–H and O–H groups in total. The molecule has 1 aromatic heterocycles. The van der Waals surface area contributed by atoms with Gasteiger partial charge >= 0.3 is 0 Å². The number of likely N-dealkylation sites (tertiary alicyclic amines) is 1. The third-order valence-electron chi connectivity index (χ3n) is 6.80. The van der Waals surface area contributed by atoms with E-state index in [0.717, 1.165) is 43.4 Å². The summed E-state index contributed by atoms with van der Waals surface area (Å²) in [6.07, 6.45) is 3.73. The van der Waals surface area contributed by atoms with Crippen LogP contribution in [0.25, 0.3) is 10.9 Å². The first-order chi connectivity index (χ1) is 12.9. The normalized spacial score (nSPS) is 27.7. The number of aromatic nitrogens is 1. The summed E-state index contributed by atoms with van der Waals surface area (Å²) in [6.45, 7) is 5.54. The number of carbonyl (C=O) groups is 1. The van der Waals surface area contributed by atoms with E-state index in [4.69, 9.17) is 0 Å². The molecule has 1 saturated heterocycles. The third-order valence-corrected chi connectivity index (χ3v) is 6.80. The van der Waals surface area contributed by atoms with E-state index in [9.17, 15) is 14.7 Å². The number of aryl methyl sites for hydroxylation is 1. The summed E-state index contributed by atoms with van der Waals surface area (Å²) in [6, 6.07) is 9.06. The molecule has 0 spiro atoms. The first kappa shape index (κ1) is 18.2. The van der Waals surface area contributed by atoms with E-state index in [1.165, 1.54) is 0 Å². The second-order valence-electron chi connectivity index (χ2n) is 8.27. The van der Waals surface area contributed by atoms with Crippen molar-refractivity contribution in [1.29, 1.82) is 0 Å². The van der Waals surface area contributed by atoms with E-state index in [2.05, 4.69) is 0 Å². The Labute approximate surface area is 159 Å². The molecule has 1 saturated carbocycles. The maximum atomic E-state index is 13.1. The van der Waals surface area contributed by atoms with Crippen LogP contribution in [0.5, 0.6) is 0 Å². The van der Waals surface area contributed by atoms with Gasteiger partial charge in [-0.1, -0.05) is 25.5 Å². The average Bonchev–Trinajstić information content (AvgIpc) is 3.11. The van der Waals surface area contributed by atoms with Crippen LogP contribution < -0.4 is 5.43 Å². The molecule has 1 amide bonds. The molecule has 1 aliphatic carbocycles. The summed E-state index contributed by atoms with van der Waals surface area (Å²) in [7, 11) is 0. The Morgan fingerprint density at radius 2 is 2.07 bits per heavy atom. The van der Waals surface area contributed by atoms with Crippen molar-refractivity contribution in [3.8, 4) is 0 Å². The Morgan fingerprint density at radius 1 is 1.30 bits per heavy atom. The van der Waals surface area contributed by atoms with Gasteiger partial charge in [-0.2, -0.15) is 0 Å². The average molecular weight is 368 g/mol. The molecule has 27 heavy (non-hydrogen) atoms. The molecule has 2 fully saturated rings. The number of rotatable bonds is 3. The van der Waals surface area contributed by atoms with Crippen molar-refractivity contribution in [3.05, 3.63) is 46.2 Å². The van der Waals surface area contributed by atoms with Gasteiger partial charge < -0.3 is 14.6 Å². The van der Waals surface area contributed by atoms with Crippen LogP contribution in [0.4, 0.5) is 0 Å². The third kappa shape index (κ3) is 3.08. The molecular weight excluding hydrogens is 340 g/mol. The maximum Gasteiger partial charge on any atom is 0.242 e. The first-order valence-corrected chi connectivity index (χ1v) is 10.0. The van der Waals surface area contributed by atoms with Gasteiger partial charge in [-0.15, -0.1) is 0 Å². The van der Waals surface area contributed by atoms with Crippen molar-refractivity contribution >= 4 is 16.8 Å². The lowest BCUT2D eigenvalue weighted by molar-refractivity contribution is -0.131. The fourth-order valence-corrected chi connectivity index (χ4v) is 5.17. The summed E-state index contributed by atoms with van der Waals surface area (Å²) in [4.78, 5) is 27.2. The zero-order valence-corrected chi connectivity index (χ0v) is 16.1. The second kappa shape index (κ2) is 6.79. The van der Waals surface area contributed by atoms with Crippen LogP contribution in [0.2, 0.25) is 0 Å². The molecule has 5 nitrogen and oxygen atoms in total. The fourth-order valence-electron chi connectivity index (χ4n) is 5.17. The zero-order valence-electron chi connectivity index (χ0n) is 16.1. The van der Waals surface area contributed by atoms with Crippen LogP contribution in [-0.4, -0.2) is 39.2 Å². The highest BCUT2D eigenvalue weighted by Gasteiger charge is 2.48. The molecular formula is C22H28N2O3. The Morgan fingerprint density at radius 3 is 2.85 bits per heavy atom. The monoisotopic (exact) mass is 368 g/mol. The number of amides is 1. The minimum atomic E-state index is -0.627. The SMILES string of the molecule is CC[C@]1(O)CCC[C@H]2CN(C(=O)Cn3c(C)cc(=O)c4ccccc43)C[C@H]21. The summed E-state index contributed by atoms with van der Waals surface area (Å²) in [5.74, 6) is 0.659. The standard InChI is InChI=1S/C22H28N2O3/c1-3-22(27)10-6-7-16-12-23(13-18(16)22)21(26)14-24-15(2)11-20(25)17-8-4-5-9-19(17)24/h4-5,8-9,11,16,18,27H,3,6-7,10,12-14H2,1-2H3/t16-,18+,22-/m0/s1. The molecule has 1 aliphatic heterocycles. The Hall–Kier alpha value is -2.14. The number of pyridine rings is 1. The number of fused-ring (bicyclic) bond motifs is 2. The smallest absolute Gasteiger partial charge is 0.242 e. The molecule has 0 bridgehead atoms. The number of carbonyl (C=O) groups excluding carboxylic acids is 1. The fraction of sp³-hybridized carbons (Fsp3) is 0.545. The number of nitrogens with zero attached hydrogens (tertiary/aromatic N) is 2. The summed E-state index contributed by atoms with van der Waals surface area (Å²) >= 11 is 0. The van der Waals surface area contributed by atoms with Crippen LogP contribution >= 0.6 is 0 Å². The molecule has 1 aromatic carbocycles. The van der Waals surface area contributed by atoms with Crippen molar-refractivity contribution in [2.45, 2.75) is 51.7 Å². The predicted molar refractivity (Wildman–Crippen MR) is 106 cm³/mol. The molecule has 3 atom stereocenters. The lowest BCUT2D eigenvalue weighted by Crippen LogP contribution is -2.44. The van der Waals surface area contributed by atoms with Crippen molar-refractivity contribution in [1.82, 2.24) is 9.47 Å². The number of aliphatic hydroxyl groups is 1. The van der Waals surface area contributed by atoms with Crippen molar-refractivity contribution in [2.75, 3.05) is 13.1 Å². The van der Waals surface area contributed by atoms with E-state index in [0.29, 0.717) is 17.8 Å². The van der Waals surface area contributed by atoms with Gasteiger partial charge in [0, 0.05) is 36.2 Å². The quantitative estimate of drug-likeness (QED) is 0.906. The number of hydrogen-bond acceptors (Lipinski definition) is 3. The highest BCUT2D eigenvalue weighted by atomic mass is 16.3. The maximum absolute atomic E-state index is 13.1. The molecule has 5 heteroatoms. The van der Waals surface area contributed by atoms with Gasteiger partial charge in [-0.05, 0) is 44.2 Å². The number of para-hydroxylation sites is 1. The van der Waals surface area contributed by atoms with Gasteiger partial charge in [0.25, 0.3) is 0 Å². The van der Waals surface area contributed by atoms with Crippen LogP contribution in [0.3, 0.4) is 0 Å². The van der Waals surface area contributed by atoms with Gasteiger partial charge in [0.2, 0.25) is 5.91 Å². The van der Waals surface area contributed by atoms with Gasteiger partial charge in [0.1, 0.15) is 6.54 Å². The lowest BCUT2D eigenvalue weighted by Gasteiger charge is -2.40. The van der Waals surface area contributed by atoms with Gasteiger partial charge in [-0.3, -0.25) is 9.59 Å². The largest absolute Gasteiger partial charge is 0.390 e. The highest BCUT2D eigenvalue weighted by molar-refractivity contribution is 5.82. The molecule has 2 aromatic rings. The molecule has 0 radical (unpaired) electrons. The minimum Gasteiger partial charge on any atom is -0.390 e. The Kier molecular flexibility index (Phi) is 4.58. The molecule has 4 rings (SSSR count). The summed E-state index contributed by atoms with van der Waals surface area (Å²) < 4.78 is 1.94. The van der Waals surface area contributed by atoms with Crippen LogP contribution in [0, 0.1) is 18.8 Å². The Bertz CT molecular complexity index is 935. The molecule has 144 valence electrons. The summed E-state index contributed by atoms with van der Waals surface area (Å²) in [5, 5.41) is 11.6. The van der Waals surface area contributed by atoms with E-state index < -0.39 is 5.60 Å². The van der Waals surface area contributed by atoms with Crippen molar-refractivity contribution < 1.29 is 9.90 Å². The Balaban J connectivity index is 1.59. The lowest BCUT2D eigenvalue weighted by atomic mass is 9.69. The predicted octanol–water partition coefficient (Wildman–Crippen LogP) is 2.71. The van der Waals surface area contributed by atoms with Crippen LogP contribution in [0.1, 0.15) is 38.3 Å². The second-order valence-corrected chi connectivity index (χ2v) is 8.27. The van der Waals surface area contributed by atoms with Gasteiger partial charge in [0.15, 0.2) is 5.43 Å².